The van der Waals surface area contributed by atoms with Crippen LogP contribution in [0.1, 0.15) is 18.1 Å². The maximum Gasteiger partial charge on any atom is 0.213 e. The summed E-state index contributed by atoms with van der Waals surface area (Å²) in [6, 6.07) is 21.5. The highest BCUT2D eigenvalue weighted by atomic mass is 16.5. The number of aromatic nitrogens is 1. The van der Waals surface area contributed by atoms with Crippen molar-refractivity contribution in [3.05, 3.63) is 84.1 Å². The molecule has 0 fully saturated rings. The molecular weight excluding hydrogens is 404 g/mol. The zero-order valence-corrected chi connectivity index (χ0v) is 18.7. The van der Waals surface area contributed by atoms with Crippen LogP contribution in [0, 0.1) is 0 Å². The number of hydrogen-bond acceptors (Lipinski definition) is 5. The Bertz CT molecular complexity index is 995. The fourth-order valence-corrected chi connectivity index (χ4v) is 2.99. The number of nitrogens with zero attached hydrogens (tertiary/aromatic N) is 2. The molecule has 2 N–H and O–H groups in total. The van der Waals surface area contributed by atoms with Gasteiger partial charge >= 0.3 is 0 Å². The summed E-state index contributed by atoms with van der Waals surface area (Å²) in [5.41, 5.74) is 2.15. The van der Waals surface area contributed by atoms with E-state index in [9.17, 15) is 0 Å². The molecule has 7 heteroatoms. The third-order valence-corrected chi connectivity index (χ3v) is 4.67. The minimum atomic E-state index is -0.0798. The van der Waals surface area contributed by atoms with E-state index in [1.807, 2.05) is 73.7 Å². The van der Waals surface area contributed by atoms with Crippen LogP contribution in [-0.2, 0) is 13.2 Å². The maximum atomic E-state index is 5.98. The molecule has 0 spiro atoms. The Labute approximate surface area is 189 Å². The van der Waals surface area contributed by atoms with E-state index in [1.165, 1.54) is 0 Å². The number of guanidine groups is 1. The van der Waals surface area contributed by atoms with Gasteiger partial charge in [0.15, 0.2) is 17.5 Å². The summed E-state index contributed by atoms with van der Waals surface area (Å²) in [4.78, 5) is 8.57. The molecule has 3 aromatic rings. The molecule has 168 valence electrons. The highest BCUT2D eigenvalue weighted by Crippen LogP contribution is 2.26. The standard InChI is InChI=1S/C25H30N4O3/c1-19(32-23-12-8-7-11-22(23)30-3)16-28-25(26-2)29-17-21-13-14-27-24(15-21)31-18-20-9-5-4-6-10-20/h4-15,19H,16-18H2,1-3H3,(H2,26,28,29). The van der Waals surface area contributed by atoms with Crippen molar-refractivity contribution in [3.8, 4) is 17.4 Å². The van der Waals surface area contributed by atoms with Crippen molar-refractivity contribution in [1.29, 1.82) is 0 Å². The van der Waals surface area contributed by atoms with Crippen LogP contribution < -0.4 is 24.8 Å². The van der Waals surface area contributed by atoms with Crippen molar-refractivity contribution in [2.75, 3.05) is 20.7 Å². The summed E-state index contributed by atoms with van der Waals surface area (Å²) in [6.07, 6.45) is 1.67. The summed E-state index contributed by atoms with van der Waals surface area (Å²) >= 11 is 0. The first-order valence-electron chi connectivity index (χ1n) is 10.5. The van der Waals surface area contributed by atoms with Gasteiger partial charge < -0.3 is 24.8 Å². The number of nitrogens with one attached hydrogen (secondary N) is 2. The molecule has 0 saturated carbocycles. The number of aliphatic imine (C=N–C) groups is 1. The molecule has 0 aliphatic rings. The lowest BCUT2D eigenvalue weighted by Gasteiger charge is -2.19. The lowest BCUT2D eigenvalue weighted by Crippen LogP contribution is -2.41. The number of methoxy groups -OCH3 is 1. The summed E-state index contributed by atoms with van der Waals surface area (Å²) in [6.45, 7) is 3.65. The molecule has 0 aliphatic carbocycles. The van der Waals surface area contributed by atoms with Gasteiger partial charge in [-0.3, -0.25) is 4.99 Å². The number of rotatable bonds is 10. The van der Waals surface area contributed by atoms with Crippen LogP contribution in [0.15, 0.2) is 77.9 Å². The molecule has 1 atom stereocenters. The van der Waals surface area contributed by atoms with Gasteiger partial charge in [-0.05, 0) is 36.2 Å². The Balaban J connectivity index is 1.45. The first-order chi connectivity index (χ1) is 15.7. The second-order valence-corrected chi connectivity index (χ2v) is 7.16. The molecule has 2 aromatic carbocycles. The van der Waals surface area contributed by atoms with Crippen LogP contribution in [-0.4, -0.2) is 37.7 Å². The number of benzene rings is 2. The van der Waals surface area contributed by atoms with Crippen molar-refractivity contribution in [3.63, 3.8) is 0 Å². The summed E-state index contributed by atoms with van der Waals surface area (Å²) in [5.74, 6) is 2.70. The van der Waals surface area contributed by atoms with Crippen LogP contribution in [0.25, 0.3) is 0 Å². The lowest BCUT2D eigenvalue weighted by molar-refractivity contribution is 0.213. The van der Waals surface area contributed by atoms with Gasteiger partial charge in [0.25, 0.3) is 0 Å². The van der Waals surface area contributed by atoms with E-state index in [1.54, 1.807) is 20.4 Å². The van der Waals surface area contributed by atoms with E-state index >= 15 is 0 Å². The average Bonchev–Trinajstić information content (AvgIpc) is 2.84. The average molecular weight is 435 g/mol. The van der Waals surface area contributed by atoms with E-state index in [-0.39, 0.29) is 6.10 Å². The minimum Gasteiger partial charge on any atom is -0.493 e. The quantitative estimate of drug-likeness (QED) is 0.373. The second-order valence-electron chi connectivity index (χ2n) is 7.16. The normalized spacial score (nSPS) is 12.0. The van der Waals surface area contributed by atoms with Crippen molar-refractivity contribution >= 4 is 5.96 Å². The highest BCUT2D eigenvalue weighted by molar-refractivity contribution is 5.79. The van der Waals surface area contributed by atoms with Crippen LogP contribution >= 0.6 is 0 Å². The van der Waals surface area contributed by atoms with Gasteiger partial charge in [0.05, 0.1) is 13.7 Å². The lowest BCUT2D eigenvalue weighted by atomic mass is 10.2. The molecule has 0 aliphatic heterocycles. The highest BCUT2D eigenvalue weighted by Gasteiger charge is 2.09. The van der Waals surface area contributed by atoms with Gasteiger partial charge in [-0.25, -0.2) is 4.98 Å². The number of hydrogen-bond donors (Lipinski definition) is 2. The van der Waals surface area contributed by atoms with E-state index in [0.717, 1.165) is 11.1 Å². The van der Waals surface area contributed by atoms with E-state index < -0.39 is 0 Å². The first-order valence-corrected chi connectivity index (χ1v) is 10.5. The van der Waals surface area contributed by atoms with Gasteiger partial charge in [-0.1, -0.05) is 42.5 Å². The monoisotopic (exact) mass is 434 g/mol. The topological polar surface area (TPSA) is 77.0 Å². The number of para-hydroxylation sites is 2. The van der Waals surface area contributed by atoms with Gasteiger partial charge in [0, 0.05) is 25.9 Å². The molecule has 32 heavy (non-hydrogen) atoms. The SMILES string of the molecule is CN=C(NCc1ccnc(OCc2ccccc2)c1)NCC(C)Oc1ccccc1OC. The van der Waals surface area contributed by atoms with E-state index in [4.69, 9.17) is 14.2 Å². The fourth-order valence-electron chi connectivity index (χ4n) is 2.99. The molecule has 0 radical (unpaired) electrons. The van der Waals surface area contributed by atoms with Gasteiger partial charge in [0.2, 0.25) is 5.88 Å². The predicted molar refractivity (Wildman–Crippen MR) is 126 cm³/mol. The van der Waals surface area contributed by atoms with Crippen LogP contribution in [0.5, 0.6) is 17.4 Å². The maximum absolute atomic E-state index is 5.98. The molecule has 0 saturated heterocycles. The van der Waals surface area contributed by atoms with Crippen LogP contribution in [0.4, 0.5) is 0 Å². The molecule has 0 amide bonds. The zero-order valence-electron chi connectivity index (χ0n) is 18.7. The Morgan fingerprint density at radius 2 is 1.72 bits per heavy atom. The first kappa shape index (κ1) is 22.9. The summed E-state index contributed by atoms with van der Waals surface area (Å²) in [7, 11) is 3.37. The molecule has 1 heterocycles. The largest absolute Gasteiger partial charge is 0.493 e. The van der Waals surface area contributed by atoms with Crippen molar-refractivity contribution in [1.82, 2.24) is 15.6 Å². The van der Waals surface area contributed by atoms with Crippen LogP contribution in [0.3, 0.4) is 0 Å². The summed E-state index contributed by atoms with van der Waals surface area (Å²) < 4.78 is 17.1. The van der Waals surface area contributed by atoms with E-state index in [0.29, 0.717) is 43.0 Å². The third kappa shape index (κ3) is 7.19. The molecule has 1 unspecified atom stereocenters. The van der Waals surface area contributed by atoms with Gasteiger partial charge in [-0.15, -0.1) is 0 Å². The van der Waals surface area contributed by atoms with Gasteiger partial charge in [0.1, 0.15) is 12.7 Å². The van der Waals surface area contributed by atoms with Crippen molar-refractivity contribution in [2.45, 2.75) is 26.2 Å². The van der Waals surface area contributed by atoms with Crippen LogP contribution in [0.2, 0.25) is 0 Å². The van der Waals surface area contributed by atoms with E-state index in [2.05, 4.69) is 20.6 Å². The predicted octanol–water partition coefficient (Wildman–Crippen LogP) is 3.80. The Hall–Kier alpha value is -3.74. The molecule has 0 bridgehead atoms. The fraction of sp³-hybridized carbons (Fsp3) is 0.280. The molecule has 1 aromatic heterocycles. The molecule has 3 rings (SSSR count). The smallest absolute Gasteiger partial charge is 0.213 e. The van der Waals surface area contributed by atoms with Gasteiger partial charge in [-0.2, -0.15) is 0 Å². The zero-order chi connectivity index (χ0) is 22.6. The summed E-state index contributed by atoms with van der Waals surface area (Å²) in [5, 5.41) is 6.59. The Morgan fingerprint density at radius 1 is 0.969 bits per heavy atom. The second kappa shape index (κ2) is 12.2. The Kier molecular flexibility index (Phi) is 8.74. The molecule has 7 nitrogen and oxygen atoms in total. The Morgan fingerprint density at radius 3 is 2.47 bits per heavy atom. The number of pyridine rings is 1. The minimum absolute atomic E-state index is 0.0798. The molecular formula is C25H30N4O3. The van der Waals surface area contributed by atoms with Crippen molar-refractivity contribution in [2.24, 2.45) is 4.99 Å². The number of ether oxygens (including phenoxy) is 3. The van der Waals surface area contributed by atoms with Crippen molar-refractivity contribution < 1.29 is 14.2 Å². The third-order valence-electron chi connectivity index (χ3n) is 4.67.